The minimum absolute atomic E-state index is 0.0275. The van der Waals surface area contributed by atoms with Crippen LogP contribution in [0.25, 0.3) is 17.0 Å². The first kappa shape index (κ1) is 27.3. The molecule has 0 radical (unpaired) electrons. The van der Waals surface area contributed by atoms with Crippen molar-refractivity contribution in [3.8, 4) is 11.5 Å². The molecule has 1 aliphatic heterocycles. The molecule has 200 valence electrons. The van der Waals surface area contributed by atoms with Crippen LogP contribution in [0.5, 0.6) is 11.5 Å². The average Bonchev–Trinajstić information content (AvgIpc) is 3.42. The predicted octanol–water partition coefficient (Wildman–Crippen LogP) is 7.22. The number of nitrogens with zero attached hydrogens (tertiary/aromatic N) is 2. The third kappa shape index (κ3) is 6.50. The van der Waals surface area contributed by atoms with Gasteiger partial charge in [-0.1, -0.05) is 11.6 Å². The second-order valence-electron chi connectivity index (χ2n) is 8.60. The Kier molecular flexibility index (Phi) is 8.31. The Bertz CT molecular complexity index is 1580. The van der Waals surface area contributed by atoms with Crippen molar-refractivity contribution in [3.63, 3.8) is 0 Å². The van der Waals surface area contributed by atoms with Crippen LogP contribution in [-0.4, -0.2) is 40.3 Å². The van der Waals surface area contributed by atoms with E-state index >= 15 is 0 Å². The number of carbonyl (C=O) groups is 1. The molecule has 12 heteroatoms. The van der Waals surface area contributed by atoms with Gasteiger partial charge in [0.05, 0.1) is 38.4 Å². The zero-order valence-electron chi connectivity index (χ0n) is 20.1. The van der Waals surface area contributed by atoms with Gasteiger partial charge in [0.1, 0.15) is 35.6 Å². The molecule has 5 rings (SSSR count). The summed E-state index contributed by atoms with van der Waals surface area (Å²) in [4.78, 5) is 21.6. The van der Waals surface area contributed by atoms with E-state index in [9.17, 15) is 14.3 Å². The van der Waals surface area contributed by atoms with Crippen LogP contribution in [0.1, 0.15) is 12.0 Å². The Labute approximate surface area is 244 Å². The molecule has 0 aliphatic carbocycles. The molecule has 1 fully saturated rings. The van der Waals surface area contributed by atoms with E-state index in [1.54, 1.807) is 36.4 Å². The number of rotatable bonds is 7. The van der Waals surface area contributed by atoms with Crippen molar-refractivity contribution in [2.75, 3.05) is 23.8 Å². The van der Waals surface area contributed by atoms with E-state index in [1.165, 1.54) is 24.5 Å². The van der Waals surface area contributed by atoms with Crippen LogP contribution in [-0.2, 0) is 9.53 Å². The lowest BCUT2D eigenvalue weighted by molar-refractivity contribution is -0.111. The Hall–Kier alpha value is -3.25. The maximum atomic E-state index is 13.6. The van der Waals surface area contributed by atoms with Crippen LogP contribution in [0.2, 0.25) is 5.02 Å². The van der Waals surface area contributed by atoms with E-state index in [0.717, 1.165) is 6.42 Å². The van der Waals surface area contributed by atoms with Gasteiger partial charge in [-0.05, 0) is 79.9 Å². The van der Waals surface area contributed by atoms with Crippen LogP contribution in [0.4, 0.5) is 21.6 Å². The monoisotopic (exact) mass is 676 g/mol. The van der Waals surface area contributed by atoms with Gasteiger partial charge in [-0.2, -0.15) is 0 Å². The highest BCUT2D eigenvalue weighted by atomic mass is 79.9. The van der Waals surface area contributed by atoms with Gasteiger partial charge in [-0.25, -0.2) is 14.4 Å². The molecule has 1 amide bonds. The van der Waals surface area contributed by atoms with Gasteiger partial charge in [0, 0.05) is 29.6 Å². The Balaban J connectivity index is 1.47. The van der Waals surface area contributed by atoms with Gasteiger partial charge < -0.3 is 25.2 Å². The lowest BCUT2D eigenvalue weighted by Gasteiger charge is -2.17. The third-order valence-electron chi connectivity index (χ3n) is 5.82. The maximum Gasteiger partial charge on any atom is 0.248 e. The van der Waals surface area contributed by atoms with E-state index in [2.05, 4.69) is 52.5 Å². The van der Waals surface area contributed by atoms with Crippen LogP contribution in [0.15, 0.2) is 63.8 Å². The number of amides is 1. The number of benzene rings is 3. The lowest BCUT2D eigenvalue weighted by Crippen LogP contribution is -2.18. The fourth-order valence-electron chi connectivity index (χ4n) is 3.90. The van der Waals surface area contributed by atoms with E-state index in [0.29, 0.717) is 61.6 Å². The van der Waals surface area contributed by atoms with Crippen molar-refractivity contribution in [2.45, 2.75) is 12.5 Å². The summed E-state index contributed by atoms with van der Waals surface area (Å²) in [7, 11) is 0. The van der Waals surface area contributed by atoms with Crippen molar-refractivity contribution in [1.29, 1.82) is 0 Å². The van der Waals surface area contributed by atoms with Crippen LogP contribution in [0, 0.1) is 5.82 Å². The molecule has 39 heavy (non-hydrogen) atoms. The predicted molar refractivity (Wildman–Crippen MR) is 155 cm³/mol. The Morgan fingerprint density at radius 1 is 1.18 bits per heavy atom. The zero-order valence-corrected chi connectivity index (χ0v) is 24.0. The number of aromatic nitrogens is 2. The molecule has 1 atom stereocenters. The second kappa shape index (κ2) is 11.9. The molecule has 3 N–H and O–H groups in total. The number of halogens is 4. The summed E-state index contributed by atoms with van der Waals surface area (Å²) in [5, 5.41) is 16.5. The van der Waals surface area contributed by atoms with Crippen LogP contribution in [0.3, 0.4) is 0 Å². The van der Waals surface area contributed by atoms with Gasteiger partial charge in [0.2, 0.25) is 5.91 Å². The molecule has 1 aliphatic rings. The summed E-state index contributed by atoms with van der Waals surface area (Å²) in [6.07, 6.45) is 4.94. The zero-order chi connectivity index (χ0) is 27.5. The number of aromatic hydroxyl groups is 1. The highest BCUT2D eigenvalue weighted by molar-refractivity contribution is 9.11. The summed E-state index contributed by atoms with van der Waals surface area (Å²) in [6, 6.07) is 11.1. The number of hydrogen-bond donors (Lipinski definition) is 3. The van der Waals surface area contributed by atoms with Gasteiger partial charge in [0.15, 0.2) is 0 Å². The molecule has 2 heterocycles. The van der Waals surface area contributed by atoms with Gasteiger partial charge in [0.25, 0.3) is 0 Å². The number of carbonyl (C=O) groups excluding carboxylic acids is 1. The second-order valence-corrected chi connectivity index (χ2v) is 10.7. The normalized spacial score (nSPS) is 15.1. The highest BCUT2D eigenvalue weighted by Crippen LogP contribution is 2.36. The smallest absolute Gasteiger partial charge is 0.248 e. The average molecular weight is 679 g/mol. The number of nitrogens with one attached hydrogen (secondary N) is 2. The summed E-state index contributed by atoms with van der Waals surface area (Å²) in [5.74, 6) is 0.00369. The van der Waals surface area contributed by atoms with E-state index in [-0.39, 0.29) is 16.9 Å². The summed E-state index contributed by atoms with van der Waals surface area (Å²) >= 11 is 12.5. The Morgan fingerprint density at radius 2 is 1.97 bits per heavy atom. The summed E-state index contributed by atoms with van der Waals surface area (Å²) in [5.41, 5.74) is 2.20. The van der Waals surface area contributed by atoms with Crippen molar-refractivity contribution in [1.82, 2.24) is 9.97 Å². The highest BCUT2D eigenvalue weighted by Gasteiger charge is 2.21. The molecular weight excluding hydrogens is 659 g/mol. The standard InChI is InChI=1S/C27H20Br2ClFN4O4/c28-18-7-14(8-19(29)26(18)37)1-4-25(36)35-23-10-17-22(11-24(23)39-16-5-6-38-12-16)32-13-33-27(17)34-15-2-3-21(31)20(30)9-15/h1-4,7-11,13,16,37H,5-6,12H2,(H,35,36)(H,32,33,34)/b4-1+/t16-/m0/s1. The molecule has 1 saturated heterocycles. The first-order valence-corrected chi connectivity index (χ1v) is 13.7. The molecule has 0 unspecified atom stereocenters. The molecule has 1 aromatic heterocycles. The third-order valence-corrected chi connectivity index (χ3v) is 7.32. The lowest BCUT2D eigenvalue weighted by atomic mass is 10.1. The van der Waals surface area contributed by atoms with Gasteiger partial charge in [-0.15, -0.1) is 0 Å². The minimum atomic E-state index is -0.530. The van der Waals surface area contributed by atoms with Crippen molar-refractivity contribution < 1.29 is 23.8 Å². The molecule has 4 aromatic rings. The topological polar surface area (TPSA) is 106 Å². The largest absolute Gasteiger partial charge is 0.506 e. The number of fused-ring (bicyclic) bond motifs is 1. The van der Waals surface area contributed by atoms with E-state index in [4.69, 9.17) is 21.1 Å². The quantitative estimate of drug-likeness (QED) is 0.177. The number of hydrogen-bond acceptors (Lipinski definition) is 7. The molecule has 3 aromatic carbocycles. The maximum absolute atomic E-state index is 13.6. The number of phenolic OH excluding ortho intramolecular Hbond substituents is 1. The summed E-state index contributed by atoms with van der Waals surface area (Å²) < 4.78 is 26.2. The van der Waals surface area contributed by atoms with E-state index < -0.39 is 11.7 Å². The van der Waals surface area contributed by atoms with Gasteiger partial charge >= 0.3 is 0 Å². The number of ether oxygens (including phenoxy) is 2. The van der Waals surface area contributed by atoms with E-state index in [1.807, 2.05) is 0 Å². The summed E-state index contributed by atoms with van der Waals surface area (Å²) in [6.45, 7) is 1.04. The molecule has 8 nitrogen and oxygen atoms in total. The fourth-order valence-corrected chi connectivity index (χ4v) is 5.30. The first-order chi connectivity index (χ1) is 18.8. The van der Waals surface area contributed by atoms with Gasteiger partial charge in [-0.3, -0.25) is 4.79 Å². The molecule has 0 bridgehead atoms. The van der Waals surface area contributed by atoms with Crippen molar-refractivity contribution in [3.05, 3.63) is 80.2 Å². The van der Waals surface area contributed by atoms with Crippen LogP contribution < -0.4 is 15.4 Å². The van der Waals surface area contributed by atoms with Crippen molar-refractivity contribution >= 4 is 83.5 Å². The fraction of sp³-hybridized carbons (Fsp3) is 0.148. The van der Waals surface area contributed by atoms with Crippen LogP contribution >= 0.6 is 43.5 Å². The SMILES string of the molecule is O=C(/C=C/c1cc(Br)c(O)c(Br)c1)Nc1cc2c(Nc3ccc(F)c(Cl)c3)ncnc2cc1O[C@H]1CCOC1. The Morgan fingerprint density at radius 3 is 2.69 bits per heavy atom. The minimum Gasteiger partial charge on any atom is -0.506 e. The molecule has 0 spiro atoms. The number of phenols is 1. The molecule has 0 saturated carbocycles. The number of anilines is 3. The first-order valence-electron chi connectivity index (χ1n) is 11.7. The molecular formula is C27H20Br2ClFN4O4. The van der Waals surface area contributed by atoms with Crippen molar-refractivity contribution in [2.24, 2.45) is 0 Å².